The molecular weight excluding hydrogens is 398 g/mol. The number of nitriles is 1. The predicted molar refractivity (Wildman–Crippen MR) is 104 cm³/mol. The summed E-state index contributed by atoms with van der Waals surface area (Å²) < 4.78 is 53.1. The van der Waals surface area contributed by atoms with Crippen LogP contribution in [0.1, 0.15) is 29.5 Å². The van der Waals surface area contributed by atoms with E-state index >= 15 is 0 Å². The molecule has 1 amide bonds. The first-order valence-corrected chi connectivity index (χ1v) is 9.67. The second kappa shape index (κ2) is 9.16. The number of amides is 1. The van der Waals surface area contributed by atoms with Gasteiger partial charge in [-0.1, -0.05) is 18.2 Å². The van der Waals surface area contributed by atoms with Crippen LogP contribution in [0.3, 0.4) is 0 Å². The van der Waals surface area contributed by atoms with Gasteiger partial charge >= 0.3 is 6.18 Å². The fourth-order valence-electron chi connectivity index (χ4n) is 3.63. The minimum absolute atomic E-state index is 0.123. The molecule has 3 rings (SSSR count). The standard InChI is InChI=1S/C22H21F4N3O/c23-20-4-2-1-3-15(20)7-10-28-21(30)16-8-11-29(12-9-16)18-6-5-17(14-27)19(13-18)22(24,25)26/h1-6,13,16H,7-12H2,(H,28,30). The third-order valence-corrected chi connectivity index (χ3v) is 5.31. The molecule has 0 unspecified atom stereocenters. The number of rotatable bonds is 5. The van der Waals surface area contributed by atoms with Gasteiger partial charge in [-0.05, 0) is 49.1 Å². The fourth-order valence-corrected chi connectivity index (χ4v) is 3.63. The van der Waals surface area contributed by atoms with Gasteiger partial charge in [0.15, 0.2) is 0 Å². The number of hydrogen-bond donors (Lipinski definition) is 1. The Kier molecular flexibility index (Phi) is 6.60. The summed E-state index contributed by atoms with van der Waals surface area (Å²) in [7, 11) is 0. The first-order valence-electron chi connectivity index (χ1n) is 9.67. The molecule has 1 saturated heterocycles. The normalized spacial score (nSPS) is 15.0. The van der Waals surface area contributed by atoms with Gasteiger partial charge in [0.05, 0.1) is 17.2 Å². The fraction of sp³-hybridized carbons (Fsp3) is 0.364. The van der Waals surface area contributed by atoms with E-state index in [-0.39, 0.29) is 17.6 Å². The van der Waals surface area contributed by atoms with Crippen molar-refractivity contribution in [3.63, 3.8) is 0 Å². The van der Waals surface area contributed by atoms with Crippen molar-refractivity contribution in [2.75, 3.05) is 24.5 Å². The average Bonchev–Trinajstić information content (AvgIpc) is 2.74. The van der Waals surface area contributed by atoms with E-state index in [9.17, 15) is 22.4 Å². The number of carbonyl (C=O) groups is 1. The summed E-state index contributed by atoms with van der Waals surface area (Å²) >= 11 is 0. The molecule has 4 nitrogen and oxygen atoms in total. The smallest absolute Gasteiger partial charge is 0.371 e. The quantitative estimate of drug-likeness (QED) is 0.736. The maximum Gasteiger partial charge on any atom is 0.417 e. The van der Waals surface area contributed by atoms with Crippen LogP contribution in [0, 0.1) is 23.1 Å². The maximum absolute atomic E-state index is 13.6. The van der Waals surface area contributed by atoms with E-state index in [0.29, 0.717) is 50.1 Å². The molecule has 0 aromatic heterocycles. The number of nitrogens with one attached hydrogen (secondary N) is 1. The lowest BCUT2D eigenvalue weighted by molar-refractivity contribution is -0.137. The van der Waals surface area contributed by atoms with E-state index in [1.165, 1.54) is 18.2 Å². The van der Waals surface area contributed by atoms with E-state index in [1.54, 1.807) is 29.2 Å². The van der Waals surface area contributed by atoms with Gasteiger partial charge in [0.2, 0.25) is 5.91 Å². The van der Waals surface area contributed by atoms with Gasteiger partial charge in [0.1, 0.15) is 5.82 Å². The summed E-state index contributed by atoms with van der Waals surface area (Å²) in [6.45, 7) is 1.20. The number of alkyl halides is 3. The Balaban J connectivity index is 1.54. The van der Waals surface area contributed by atoms with Gasteiger partial charge in [0.25, 0.3) is 0 Å². The van der Waals surface area contributed by atoms with E-state index in [1.807, 2.05) is 0 Å². The van der Waals surface area contributed by atoms with Crippen molar-refractivity contribution >= 4 is 11.6 Å². The highest BCUT2D eigenvalue weighted by atomic mass is 19.4. The van der Waals surface area contributed by atoms with Crippen molar-refractivity contribution < 1.29 is 22.4 Å². The average molecular weight is 419 g/mol. The minimum Gasteiger partial charge on any atom is -0.371 e. The molecule has 2 aromatic rings. The number of piperidine rings is 1. The molecular formula is C22H21F4N3O. The first-order chi connectivity index (χ1) is 14.3. The Morgan fingerprint density at radius 2 is 1.87 bits per heavy atom. The van der Waals surface area contributed by atoms with E-state index < -0.39 is 17.3 Å². The number of halogens is 4. The monoisotopic (exact) mass is 419 g/mol. The molecule has 30 heavy (non-hydrogen) atoms. The molecule has 0 bridgehead atoms. The molecule has 158 valence electrons. The Morgan fingerprint density at radius 1 is 1.17 bits per heavy atom. The van der Waals surface area contributed by atoms with Crippen LogP contribution in [0.15, 0.2) is 42.5 Å². The summed E-state index contributed by atoms with van der Waals surface area (Å²) in [6, 6.07) is 11.6. The van der Waals surface area contributed by atoms with E-state index in [4.69, 9.17) is 5.26 Å². The molecule has 1 heterocycles. The molecule has 1 aliphatic heterocycles. The summed E-state index contributed by atoms with van der Waals surface area (Å²) in [6.07, 6.45) is -3.19. The molecule has 1 fully saturated rings. The largest absolute Gasteiger partial charge is 0.417 e. The first kappa shape index (κ1) is 21.6. The third kappa shape index (κ3) is 5.09. The lowest BCUT2D eigenvalue weighted by atomic mass is 9.95. The highest BCUT2D eigenvalue weighted by molar-refractivity contribution is 5.79. The lowest BCUT2D eigenvalue weighted by Gasteiger charge is -2.33. The number of hydrogen-bond acceptors (Lipinski definition) is 3. The van der Waals surface area contributed by atoms with Crippen LogP contribution >= 0.6 is 0 Å². The van der Waals surface area contributed by atoms with Crippen LogP contribution in [0.4, 0.5) is 23.2 Å². The van der Waals surface area contributed by atoms with E-state index in [0.717, 1.165) is 6.07 Å². The number of nitrogens with zero attached hydrogens (tertiary/aromatic N) is 2. The zero-order valence-electron chi connectivity index (χ0n) is 16.2. The minimum atomic E-state index is -4.60. The van der Waals surface area contributed by atoms with Gasteiger partial charge in [-0.25, -0.2) is 4.39 Å². The number of anilines is 1. The predicted octanol–water partition coefficient (Wildman–Crippen LogP) is 4.29. The number of carbonyl (C=O) groups excluding carboxylic acids is 1. The highest BCUT2D eigenvalue weighted by Crippen LogP contribution is 2.35. The van der Waals surface area contributed by atoms with Gasteiger partial charge in [-0.15, -0.1) is 0 Å². The van der Waals surface area contributed by atoms with Crippen LogP contribution in [-0.4, -0.2) is 25.5 Å². The van der Waals surface area contributed by atoms with Crippen LogP contribution in [0.25, 0.3) is 0 Å². The van der Waals surface area contributed by atoms with E-state index in [2.05, 4.69) is 5.32 Å². The SMILES string of the molecule is N#Cc1ccc(N2CCC(C(=O)NCCc3ccccc3F)CC2)cc1C(F)(F)F. The molecule has 0 saturated carbocycles. The van der Waals surface area contributed by atoms with Crippen LogP contribution in [-0.2, 0) is 17.4 Å². The van der Waals surface area contributed by atoms with Gasteiger partial charge in [-0.2, -0.15) is 18.4 Å². The summed E-state index contributed by atoms with van der Waals surface area (Å²) in [5.74, 6) is -0.662. The molecule has 0 aliphatic carbocycles. The Hall–Kier alpha value is -3.08. The Labute approximate surface area is 172 Å². The third-order valence-electron chi connectivity index (χ3n) is 5.31. The summed E-state index contributed by atoms with van der Waals surface area (Å²) in [5, 5.41) is 11.7. The van der Waals surface area contributed by atoms with Gasteiger partial charge in [-0.3, -0.25) is 4.79 Å². The topological polar surface area (TPSA) is 56.1 Å². The van der Waals surface area contributed by atoms with Crippen molar-refractivity contribution in [2.24, 2.45) is 5.92 Å². The highest BCUT2D eigenvalue weighted by Gasteiger charge is 2.34. The van der Waals surface area contributed by atoms with Gasteiger partial charge in [0, 0.05) is 31.2 Å². The van der Waals surface area contributed by atoms with Crippen molar-refractivity contribution in [1.82, 2.24) is 5.32 Å². The van der Waals surface area contributed by atoms with Crippen LogP contribution in [0.2, 0.25) is 0 Å². The Morgan fingerprint density at radius 3 is 2.50 bits per heavy atom. The molecule has 0 radical (unpaired) electrons. The molecule has 1 aliphatic rings. The molecule has 0 spiro atoms. The lowest BCUT2D eigenvalue weighted by Crippen LogP contribution is -2.41. The number of benzene rings is 2. The van der Waals surface area contributed by atoms with Crippen LogP contribution in [0.5, 0.6) is 0 Å². The van der Waals surface area contributed by atoms with Crippen molar-refractivity contribution in [3.8, 4) is 6.07 Å². The van der Waals surface area contributed by atoms with Crippen LogP contribution < -0.4 is 10.2 Å². The van der Waals surface area contributed by atoms with Crippen molar-refractivity contribution in [2.45, 2.75) is 25.4 Å². The summed E-state index contributed by atoms with van der Waals surface area (Å²) in [5.41, 5.74) is -0.431. The second-order valence-corrected chi connectivity index (χ2v) is 7.23. The van der Waals surface area contributed by atoms with Gasteiger partial charge < -0.3 is 10.2 Å². The molecule has 0 atom stereocenters. The second-order valence-electron chi connectivity index (χ2n) is 7.23. The molecule has 1 N–H and O–H groups in total. The zero-order chi connectivity index (χ0) is 21.7. The zero-order valence-corrected chi connectivity index (χ0v) is 16.2. The Bertz CT molecular complexity index is 944. The molecule has 8 heteroatoms. The molecule has 2 aromatic carbocycles. The van der Waals surface area contributed by atoms with Crippen molar-refractivity contribution in [1.29, 1.82) is 5.26 Å². The summed E-state index contributed by atoms with van der Waals surface area (Å²) in [4.78, 5) is 14.2. The maximum atomic E-state index is 13.6. The van der Waals surface area contributed by atoms with Crippen molar-refractivity contribution in [3.05, 3.63) is 65.0 Å².